The van der Waals surface area contributed by atoms with Crippen molar-refractivity contribution in [2.45, 2.75) is 32.0 Å². The van der Waals surface area contributed by atoms with E-state index in [-0.39, 0.29) is 24.0 Å². The summed E-state index contributed by atoms with van der Waals surface area (Å²) in [6.45, 7) is 1.78. The molecule has 1 aromatic carbocycles. The molecule has 0 aliphatic carbocycles. The topological polar surface area (TPSA) is 76.8 Å². The van der Waals surface area contributed by atoms with Crippen LogP contribution in [-0.2, 0) is 21.2 Å². The Morgan fingerprint density at radius 1 is 1.37 bits per heavy atom. The molecule has 1 aromatic heterocycles. The highest BCUT2D eigenvalue weighted by atomic mass is 35.5. The zero-order chi connectivity index (χ0) is 19.6. The molecule has 0 bridgehead atoms. The van der Waals surface area contributed by atoms with Gasteiger partial charge in [-0.1, -0.05) is 23.2 Å². The van der Waals surface area contributed by atoms with Crippen molar-refractivity contribution in [1.29, 1.82) is 0 Å². The molecule has 1 amide bonds. The number of nitrogens with zero attached hydrogens (tertiary/aromatic N) is 1. The first-order valence-corrected chi connectivity index (χ1v) is 11.0. The summed E-state index contributed by atoms with van der Waals surface area (Å²) in [5.41, 5.74) is 0. The number of hydrogen-bond acceptors (Lipinski definition) is 5. The molecule has 1 aliphatic heterocycles. The first-order valence-electron chi connectivity index (χ1n) is 8.40. The van der Waals surface area contributed by atoms with E-state index in [4.69, 9.17) is 32.4 Å². The third-order valence-electron chi connectivity index (χ3n) is 4.38. The fourth-order valence-corrected chi connectivity index (χ4v) is 5.21. The van der Waals surface area contributed by atoms with Crippen LogP contribution in [-0.4, -0.2) is 42.9 Å². The number of furan rings is 1. The average Bonchev–Trinajstić information content (AvgIpc) is 3.23. The summed E-state index contributed by atoms with van der Waals surface area (Å²) in [7, 11) is -3.15. The van der Waals surface area contributed by atoms with Gasteiger partial charge in [-0.15, -0.1) is 0 Å². The number of amides is 1. The molecule has 27 heavy (non-hydrogen) atoms. The normalized spacial score (nSPS) is 19.6. The molecule has 0 spiro atoms. The van der Waals surface area contributed by atoms with Gasteiger partial charge >= 0.3 is 0 Å². The van der Waals surface area contributed by atoms with Gasteiger partial charge in [0.15, 0.2) is 15.9 Å². The Morgan fingerprint density at radius 2 is 2.15 bits per heavy atom. The number of ether oxygens (including phenoxy) is 1. The van der Waals surface area contributed by atoms with Crippen LogP contribution in [0.25, 0.3) is 0 Å². The zero-order valence-corrected chi connectivity index (χ0v) is 16.9. The number of hydrogen-bond donors (Lipinski definition) is 0. The van der Waals surface area contributed by atoms with Crippen molar-refractivity contribution >= 4 is 38.9 Å². The number of rotatable bonds is 6. The second-order valence-electron chi connectivity index (χ2n) is 6.44. The van der Waals surface area contributed by atoms with Crippen LogP contribution in [0.15, 0.2) is 41.0 Å². The Hall–Kier alpha value is -1.70. The van der Waals surface area contributed by atoms with Gasteiger partial charge in [0.2, 0.25) is 0 Å². The number of carbonyl (C=O) groups excluding carboxylic acids is 1. The molecule has 6 nitrogen and oxygen atoms in total. The molecule has 0 saturated carbocycles. The minimum atomic E-state index is -3.15. The predicted octanol–water partition coefficient (Wildman–Crippen LogP) is 3.57. The lowest BCUT2D eigenvalue weighted by Gasteiger charge is -2.30. The Kier molecular flexibility index (Phi) is 6.03. The van der Waals surface area contributed by atoms with Gasteiger partial charge in [0, 0.05) is 11.1 Å². The monoisotopic (exact) mass is 431 g/mol. The van der Waals surface area contributed by atoms with Crippen molar-refractivity contribution in [1.82, 2.24) is 4.90 Å². The van der Waals surface area contributed by atoms with Crippen LogP contribution in [0.3, 0.4) is 0 Å². The maximum Gasteiger partial charge on any atom is 0.264 e. The molecule has 0 unspecified atom stereocenters. The van der Waals surface area contributed by atoms with Crippen LogP contribution in [0.1, 0.15) is 19.1 Å². The summed E-state index contributed by atoms with van der Waals surface area (Å²) in [6.07, 6.45) is 1.04. The number of sulfone groups is 1. The Balaban J connectivity index is 1.78. The lowest BCUT2D eigenvalue weighted by molar-refractivity contribution is -0.140. The quantitative estimate of drug-likeness (QED) is 0.698. The summed E-state index contributed by atoms with van der Waals surface area (Å²) in [4.78, 5) is 14.6. The van der Waals surface area contributed by atoms with Crippen LogP contribution in [0, 0.1) is 0 Å². The molecule has 146 valence electrons. The fourth-order valence-electron chi connectivity index (χ4n) is 3.02. The van der Waals surface area contributed by atoms with E-state index >= 15 is 0 Å². The third kappa shape index (κ3) is 4.97. The maximum absolute atomic E-state index is 13.0. The molecular formula is C18H19Cl2NO5S. The standard InChI is InChI=1S/C18H19Cl2NO5S/c1-12(26-17-5-4-13(19)9-16(17)20)18(22)21(10-15-3-2-7-25-15)14-6-8-27(23,24)11-14/h2-5,7,9,12,14H,6,8,10-11H2,1H3/t12-,14-/m1/s1. The maximum atomic E-state index is 13.0. The number of benzene rings is 1. The molecule has 1 aliphatic rings. The molecule has 9 heteroatoms. The van der Waals surface area contributed by atoms with E-state index in [1.807, 2.05) is 0 Å². The molecular weight excluding hydrogens is 413 g/mol. The molecule has 1 fully saturated rings. The lowest BCUT2D eigenvalue weighted by Crippen LogP contribution is -2.46. The van der Waals surface area contributed by atoms with Gasteiger partial charge in [0.05, 0.1) is 29.3 Å². The molecule has 0 N–H and O–H groups in total. The van der Waals surface area contributed by atoms with Crippen LogP contribution < -0.4 is 4.74 Å². The molecule has 2 aromatic rings. The van der Waals surface area contributed by atoms with Gasteiger partial charge in [-0.25, -0.2) is 8.42 Å². The van der Waals surface area contributed by atoms with Crippen molar-refractivity contribution in [3.63, 3.8) is 0 Å². The van der Waals surface area contributed by atoms with E-state index in [1.165, 1.54) is 17.2 Å². The zero-order valence-electron chi connectivity index (χ0n) is 14.6. The van der Waals surface area contributed by atoms with Crippen LogP contribution in [0.4, 0.5) is 0 Å². The summed E-state index contributed by atoms with van der Waals surface area (Å²) in [5.74, 6) is 0.578. The Bertz CT molecular complexity index is 914. The van der Waals surface area contributed by atoms with Gasteiger partial charge in [0.25, 0.3) is 5.91 Å². The van der Waals surface area contributed by atoms with Crippen molar-refractivity contribution < 1.29 is 22.4 Å². The molecule has 0 radical (unpaired) electrons. The smallest absolute Gasteiger partial charge is 0.264 e. The van der Waals surface area contributed by atoms with Crippen LogP contribution in [0.2, 0.25) is 10.0 Å². The minimum Gasteiger partial charge on any atom is -0.479 e. The van der Waals surface area contributed by atoms with Gasteiger partial charge in [-0.2, -0.15) is 0 Å². The van der Waals surface area contributed by atoms with E-state index in [9.17, 15) is 13.2 Å². The molecule has 3 rings (SSSR count). The SMILES string of the molecule is C[C@@H](Oc1ccc(Cl)cc1Cl)C(=O)N(Cc1ccco1)[C@@H]1CCS(=O)(=O)C1. The lowest BCUT2D eigenvalue weighted by atomic mass is 10.2. The van der Waals surface area contributed by atoms with Crippen molar-refractivity contribution in [2.24, 2.45) is 0 Å². The predicted molar refractivity (Wildman–Crippen MR) is 103 cm³/mol. The van der Waals surface area contributed by atoms with Crippen molar-refractivity contribution in [2.75, 3.05) is 11.5 Å². The summed E-state index contributed by atoms with van der Waals surface area (Å²) in [5, 5.41) is 0.755. The highest BCUT2D eigenvalue weighted by molar-refractivity contribution is 7.91. The van der Waals surface area contributed by atoms with Gasteiger partial charge < -0.3 is 14.1 Å². The van der Waals surface area contributed by atoms with Crippen LogP contribution in [0.5, 0.6) is 5.75 Å². The second-order valence-corrected chi connectivity index (χ2v) is 9.51. The molecule has 2 heterocycles. The van der Waals surface area contributed by atoms with E-state index in [0.717, 1.165) is 0 Å². The van der Waals surface area contributed by atoms with Gasteiger partial charge in [-0.05, 0) is 43.7 Å². The number of halogens is 2. The molecule has 2 atom stereocenters. The first kappa shape index (κ1) is 20.0. The van der Waals surface area contributed by atoms with E-state index < -0.39 is 22.0 Å². The highest BCUT2D eigenvalue weighted by Gasteiger charge is 2.37. The van der Waals surface area contributed by atoms with Crippen LogP contribution >= 0.6 is 23.2 Å². The van der Waals surface area contributed by atoms with E-state index in [1.54, 1.807) is 31.2 Å². The van der Waals surface area contributed by atoms with Crippen molar-refractivity contribution in [3.05, 3.63) is 52.4 Å². The summed E-state index contributed by atoms with van der Waals surface area (Å²) >= 11 is 12.0. The van der Waals surface area contributed by atoms with Gasteiger partial charge in [0.1, 0.15) is 11.5 Å². The highest BCUT2D eigenvalue weighted by Crippen LogP contribution is 2.29. The Labute approximate surface area is 167 Å². The van der Waals surface area contributed by atoms with Gasteiger partial charge in [-0.3, -0.25) is 4.79 Å². The van der Waals surface area contributed by atoms with Crippen molar-refractivity contribution in [3.8, 4) is 5.75 Å². The average molecular weight is 432 g/mol. The van der Waals surface area contributed by atoms with E-state index in [2.05, 4.69) is 0 Å². The van der Waals surface area contributed by atoms with E-state index in [0.29, 0.717) is 28.0 Å². The Morgan fingerprint density at radius 3 is 2.74 bits per heavy atom. The minimum absolute atomic E-state index is 0.0616. The summed E-state index contributed by atoms with van der Waals surface area (Å²) < 4.78 is 34.8. The number of carbonyl (C=O) groups is 1. The first-order chi connectivity index (χ1) is 12.7. The fraction of sp³-hybridized carbons (Fsp3) is 0.389. The summed E-state index contributed by atoms with van der Waals surface area (Å²) in [6, 6.07) is 7.77. The largest absolute Gasteiger partial charge is 0.479 e. The second kappa shape index (κ2) is 8.12. The molecule has 1 saturated heterocycles. The third-order valence-corrected chi connectivity index (χ3v) is 6.66.